The van der Waals surface area contributed by atoms with E-state index in [4.69, 9.17) is 14.5 Å². The average Bonchev–Trinajstić information content (AvgIpc) is 3.49. The first-order chi connectivity index (χ1) is 16.5. The van der Waals surface area contributed by atoms with E-state index in [1.54, 1.807) is 12.1 Å². The fourth-order valence-corrected chi connectivity index (χ4v) is 4.15. The van der Waals surface area contributed by atoms with Crippen molar-refractivity contribution in [3.8, 4) is 11.5 Å². The third-order valence-electron chi connectivity index (χ3n) is 5.75. The highest BCUT2D eigenvalue weighted by molar-refractivity contribution is 5.95. The maximum absolute atomic E-state index is 13.5. The van der Waals surface area contributed by atoms with Crippen molar-refractivity contribution in [2.24, 2.45) is 0 Å². The Morgan fingerprint density at radius 2 is 1.71 bits per heavy atom. The minimum Gasteiger partial charge on any atom is -0.454 e. The zero-order valence-electron chi connectivity index (χ0n) is 18.4. The number of nitrogens with zero attached hydrogens (tertiary/aromatic N) is 2. The molecule has 2 aliphatic heterocycles. The average molecular weight is 466 g/mol. The van der Waals surface area contributed by atoms with Crippen LogP contribution in [0.3, 0.4) is 0 Å². The SMILES string of the molecule is O=C(Cc1cc(F)cc(F)c1)Nc1ccc(NCc2ccc3c(c2)OCO3)nc1N1CCCC1. The van der Waals surface area contributed by atoms with E-state index >= 15 is 0 Å². The van der Waals surface area contributed by atoms with Crippen LogP contribution in [0.25, 0.3) is 0 Å². The first kappa shape index (κ1) is 21.9. The molecule has 0 spiro atoms. The fraction of sp³-hybridized carbons (Fsp3) is 0.280. The van der Waals surface area contributed by atoms with E-state index in [-0.39, 0.29) is 24.7 Å². The predicted molar refractivity (Wildman–Crippen MR) is 124 cm³/mol. The second kappa shape index (κ2) is 9.54. The molecule has 0 radical (unpaired) electrons. The van der Waals surface area contributed by atoms with Crippen LogP contribution in [0.2, 0.25) is 0 Å². The molecule has 176 valence electrons. The first-order valence-electron chi connectivity index (χ1n) is 11.2. The van der Waals surface area contributed by atoms with Gasteiger partial charge in [0.25, 0.3) is 0 Å². The molecule has 34 heavy (non-hydrogen) atoms. The van der Waals surface area contributed by atoms with E-state index in [0.717, 1.165) is 61.2 Å². The van der Waals surface area contributed by atoms with Crippen molar-refractivity contribution in [3.63, 3.8) is 0 Å². The zero-order valence-corrected chi connectivity index (χ0v) is 18.4. The van der Waals surface area contributed by atoms with E-state index in [1.807, 2.05) is 18.2 Å². The molecule has 0 unspecified atom stereocenters. The molecule has 9 heteroatoms. The number of hydrogen-bond donors (Lipinski definition) is 2. The molecule has 7 nitrogen and oxygen atoms in total. The fourth-order valence-electron chi connectivity index (χ4n) is 4.15. The van der Waals surface area contributed by atoms with Crippen LogP contribution in [0, 0.1) is 11.6 Å². The molecule has 2 N–H and O–H groups in total. The van der Waals surface area contributed by atoms with Crippen molar-refractivity contribution < 1.29 is 23.0 Å². The Kier molecular flexibility index (Phi) is 6.16. The van der Waals surface area contributed by atoms with Gasteiger partial charge in [0, 0.05) is 25.7 Å². The molecule has 3 heterocycles. The zero-order chi connectivity index (χ0) is 23.5. The standard InChI is InChI=1S/C25H24F2N4O3/c26-18-9-17(10-19(27)13-18)12-24(32)29-20-4-6-23(30-25(20)31-7-1-2-8-31)28-14-16-3-5-21-22(11-16)34-15-33-21/h3-6,9-11,13H,1-2,7-8,12,14-15H2,(H,28,30)(H,29,32). The van der Waals surface area contributed by atoms with E-state index in [2.05, 4.69) is 15.5 Å². The number of anilines is 3. The van der Waals surface area contributed by atoms with Crippen LogP contribution in [0.5, 0.6) is 11.5 Å². The molecule has 2 aliphatic rings. The van der Waals surface area contributed by atoms with Crippen LogP contribution in [0.4, 0.5) is 26.1 Å². The highest BCUT2D eigenvalue weighted by Crippen LogP contribution is 2.33. The summed E-state index contributed by atoms with van der Waals surface area (Å²) in [5.74, 6) is 1.02. The van der Waals surface area contributed by atoms with Crippen LogP contribution < -0.4 is 25.0 Å². The number of nitrogens with one attached hydrogen (secondary N) is 2. The molecule has 2 aromatic carbocycles. The molecule has 3 aromatic rings. The van der Waals surface area contributed by atoms with Crippen LogP contribution in [0.1, 0.15) is 24.0 Å². The largest absolute Gasteiger partial charge is 0.454 e. The molecule has 0 bridgehead atoms. The summed E-state index contributed by atoms with van der Waals surface area (Å²) in [6.07, 6.45) is 1.96. The van der Waals surface area contributed by atoms with Gasteiger partial charge in [0.2, 0.25) is 12.7 Å². The van der Waals surface area contributed by atoms with Crippen molar-refractivity contribution in [2.45, 2.75) is 25.8 Å². The normalized spacial score (nSPS) is 14.4. The van der Waals surface area contributed by atoms with Gasteiger partial charge in [0.05, 0.1) is 12.1 Å². The lowest BCUT2D eigenvalue weighted by Crippen LogP contribution is -2.23. The number of ether oxygens (including phenoxy) is 2. The summed E-state index contributed by atoms with van der Waals surface area (Å²) < 4.78 is 37.7. The number of carbonyl (C=O) groups is 1. The minimum atomic E-state index is -0.708. The van der Waals surface area contributed by atoms with Gasteiger partial charge in [0.15, 0.2) is 17.3 Å². The molecule has 0 aliphatic carbocycles. The molecule has 1 aromatic heterocycles. The Morgan fingerprint density at radius 3 is 2.50 bits per heavy atom. The van der Waals surface area contributed by atoms with E-state index in [9.17, 15) is 13.6 Å². The van der Waals surface area contributed by atoms with Crippen molar-refractivity contribution in [1.29, 1.82) is 0 Å². The summed E-state index contributed by atoms with van der Waals surface area (Å²) in [5, 5.41) is 6.18. The van der Waals surface area contributed by atoms with Crippen LogP contribution in [0.15, 0.2) is 48.5 Å². The number of halogens is 2. The second-order valence-electron chi connectivity index (χ2n) is 8.31. The number of hydrogen-bond acceptors (Lipinski definition) is 6. The summed E-state index contributed by atoms with van der Waals surface area (Å²) >= 11 is 0. The minimum absolute atomic E-state index is 0.141. The number of carbonyl (C=O) groups excluding carboxylic acids is 1. The van der Waals surface area contributed by atoms with Gasteiger partial charge < -0.3 is 25.0 Å². The monoisotopic (exact) mass is 466 g/mol. The molecule has 0 saturated carbocycles. The Hall–Kier alpha value is -3.88. The second-order valence-corrected chi connectivity index (χ2v) is 8.31. The molecule has 0 atom stereocenters. The van der Waals surface area contributed by atoms with Gasteiger partial charge in [-0.3, -0.25) is 4.79 Å². The lowest BCUT2D eigenvalue weighted by atomic mass is 10.1. The molecule has 5 rings (SSSR count). The Bertz CT molecular complexity index is 1190. The summed E-state index contributed by atoms with van der Waals surface area (Å²) in [6, 6.07) is 12.5. The number of fused-ring (bicyclic) bond motifs is 1. The van der Waals surface area contributed by atoms with Gasteiger partial charge in [-0.25, -0.2) is 13.8 Å². The summed E-state index contributed by atoms with van der Waals surface area (Å²) in [4.78, 5) is 19.5. The molecule has 1 fully saturated rings. The molecule has 1 amide bonds. The van der Waals surface area contributed by atoms with Gasteiger partial charge in [-0.15, -0.1) is 0 Å². The van der Waals surface area contributed by atoms with Crippen molar-refractivity contribution in [2.75, 3.05) is 35.4 Å². The summed E-state index contributed by atoms with van der Waals surface area (Å²) in [5.41, 5.74) is 1.86. The number of aromatic nitrogens is 1. The lowest BCUT2D eigenvalue weighted by Gasteiger charge is -2.21. The van der Waals surface area contributed by atoms with E-state index < -0.39 is 11.6 Å². The van der Waals surface area contributed by atoms with Crippen LogP contribution in [-0.2, 0) is 17.8 Å². The van der Waals surface area contributed by atoms with Gasteiger partial charge in [0.1, 0.15) is 17.5 Å². The van der Waals surface area contributed by atoms with Gasteiger partial charge in [-0.05, 0) is 60.4 Å². The van der Waals surface area contributed by atoms with Crippen molar-refractivity contribution >= 4 is 23.2 Å². The summed E-state index contributed by atoms with van der Waals surface area (Å²) in [6.45, 7) is 2.46. The maximum atomic E-state index is 13.5. The molecular weight excluding hydrogens is 442 g/mol. The maximum Gasteiger partial charge on any atom is 0.231 e. The van der Waals surface area contributed by atoms with Crippen LogP contribution in [-0.4, -0.2) is 30.8 Å². The number of benzene rings is 2. The third kappa shape index (κ3) is 5.03. The lowest BCUT2D eigenvalue weighted by molar-refractivity contribution is -0.115. The van der Waals surface area contributed by atoms with Crippen LogP contribution >= 0.6 is 0 Å². The number of pyridine rings is 1. The van der Waals surface area contributed by atoms with E-state index in [1.165, 1.54) is 0 Å². The van der Waals surface area contributed by atoms with Crippen molar-refractivity contribution in [3.05, 3.63) is 71.3 Å². The number of rotatable bonds is 7. The smallest absolute Gasteiger partial charge is 0.231 e. The molecular formula is C25H24F2N4O3. The highest BCUT2D eigenvalue weighted by Gasteiger charge is 2.20. The Morgan fingerprint density at radius 1 is 0.941 bits per heavy atom. The third-order valence-corrected chi connectivity index (χ3v) is 5.75. The highest BCUT2D eigenvalue weighted by atomic mass is 19.1. The van der Waals surface area contributed by atoms with Gasteiger partial charge in [-0.1, -0.05) is 6.07 Å². The Labute approximate surface area is 195 Å². The molecule has 1 saturated heterocycles. The predicted octanol–water partition coefficient (Wildman–Crippen LogP) is 4.48. The van der Waals surface area contributed by atoms with E-state index in [0.29, 0.717) is 23.9 Å². The Balaban J connectivity index is 1.30. The van der Waals surface area contributed by atoms with Gasteiger partial charge in [-0.2, -0.15) is 0 Å². The number of amides is 1. The quantitative estimate of drug-likeness (QED) is 0.535. The summed E-state index contributed by atoms with van der Waals surface area (Å²) in [7, 11) is 0. The van der Waals surface area contributed by atoms with Crippen molar-refractivity contribution in [1.82, 2.24) is 4.98 Å². The topological polar surface area (TPSA) is 75.7 Å². The first-order valence-corrected chi connectivity index (χ1v) is 11.2. The van der Waals surface area contributed by atoms with Gasteiger partial charge >= 0.3 is 0 Å².